The molecule has 1 aliphatic rings. The maximum absolute atomic E-state index is 13.3. The fourth-order valence-electron chi connectivity index (χ4n) is 4.31. The SMILES string of the molecule is CCSc1cc(SCC)c(SCC)c(C2=CC(=O)C=CC2=O)c1Nc1ncnc2cc(OCCOC)c(OC)cc12. The van der Waals surface area contributed by atoms with Gasteiger partial charge in [0, 0.05) is 44.4 Å². The van der Waals surface area contributed by atoms with Crippen molar-refractivity contribution in [3.8, 4) is 11.5 Å². The average molecular weight is 612 g/mol. The first-order chi connectivity index (χ1) is 19.9. The van der Waals surface area contributed by atoms with Gasteiger partial charge in [0.25, 0.3) is 0 Å². The Kier molecular flexibility index (Phi) is 11.1. The summed E-state index contributed by atoms with van der Waals surface area (Å²) < 4.78 is 16.6. The first-order valence-electron chi connectivity index (χ1n) is 13.2. The van der Waals surface area contributed by atoms with Crippen molar-refractivity contribution in [2.75, 3.05) is 50.0 Å². The van der Waals surface area contributed by atoms with E-state index < -0.39 is 0 Å². The Morgan fingerprint density at radius 2 is 1.61 bits per heavy atom. The number of benzene rings is 2. The van der Waals surface area contributed by atoms with Crippen LogP contribution in [0.15, 0.2) is 57.4 Å². The molecule has 1 aliphatic carbocycles. The number of carbonyl (C=O) groups is 2. The lowest BCUT2D eigenvalue weighted by atomic mass is 9.94. The molecule has 0 spiro atoms. The number of hydrogen-bond acceptors (Lipinski definition) is 11. The van der Waals surface area contributed by atoms with Gasteiger partial charge in [0.05, 0.1) is 24.9 Å². The van der Waals surface area contributed by atoms with E-state index in [9.17, 15) is 9.59 Å². The van der Waals surface area contributed by atoms with Crippen LogP contribution in [0.4, 0.5) is 11.5 Å². The molecule has 0 radical (unpaired) electrons. The minimum Gasteiger partial charge on any atom is -0.493 e. The predicted octanol–water partition coefficient (Wildman–Crippen LogP) is 6.83. The third-order valence-corrected chi connectivity index (χ3v) is 9.00. The van der Waals surface area contributed by atoms with Crippen molar-refractivity contribution in [2.45, 2.75) is 35.5 Å². The minimum atomic E-state index is -0.213. The first kappa shape index (κ1) is 31.0. The standard InChI is InChI=1S/C30H33N3O5S3/c1-6-39-25-16-26(40-7-2)29(41-8-3)27(20-13-18(34)9-10-22(20)35)28(25)33-30-19-14-23(37-5)24(38-12-11-36-4)15-21(19)31-17-32-30/h9-10,13-17H,6-8,11-12H2,1-5H3,(H,31,32,33). The molecular formula is C30H33N3O5S3. The Morgan fingerprint density at radius 3 is 2.32 bits per heavy atom. The molecule has 0 amide bonds. The minimum absolute atomic E-state index is 0.205. The van der Waals surface area contributed by atoms with Crippen LogP contribution in [0.25, 0.3) is 16.5 Å². The van der Waals surface area contributed by atoms with E-state index in [4.69, 9.17) is 14.2 Å². The molecule has 0 atom stereocenters. The quantitative estimate of drug-likeness (QED) is 0.118. The van der Waals surface area contributed by atoms with Crippen LogP contribution in [0, 0.1) is 0 Å². The van der Waals surface area contributed by atoms with Crippen LogP contribution in [0.2, 0.25) is 0 Å². The van der Waals surface area contributed by atoms with Gasteiger partial charge >= 0.3 is 0 Å². The van der Waals surface area contributed by atoms with Gasteiger partial charge in [-0.25, -0.2) is 9.97 Å². The van der Waals surface area contributed by atoms with Gasteiger partial charge in [-0.2, -0.15) is 0 Å². The smallest absolute Gasteiger partial charge is 0.186 e. The van der Waals surface area contributed by atoms with E-state index in [0.717, 1.165) is 43.0 Å². The Labute approximate surface area is 253 Å². The lowest BCUT2D eigenvalue weighted by Gasteiger charge is -2.24. The number of ketones is 2. The van der Waals surface area contributed by atoms with Crippen molar-refractivity contribution in [3.63, 3.8) is 0 Å². The molecule has 0 fully saturated rings. The molecule has 1 N–H and O–H groups in total. The molecule has 1 heterocycles. The summed E-state index contributed by atoms with van der Waals surface area (Å²) in [5.74, 6) is 3.70. The molecule has 0 bridgehead atoms. The molecule has 3 aromatic rings. The zero-order valence-corrected chi connectivity index (χ0v) is 26.2. The Bertz CT molecular complexity index is 1510. The van der Waals surface area contributed by atoms with E-state index in [1.54, 1.807) is 49.5 Å². The molecule has 0 saturated heterocycles. The number of ether oxygens (including phenoxy) is 3. The fourth-order valence-corrected chi connectivity index (χ4v) is 7.14. The van der Waals surface area contributed by atoms with E-state index >= 15 is 0 Å². The van der Waals surface area contributed by atoms with Gasteiger partial charge in [0.2, 0.25) is 0 Å². The van der Waals surface area contributed by atoms with Gasteiger partial charge in [-0.3, -0.25) is 9.59 Å². The topological polar surface area (TPSA) is 99.6 Å². The highest BCUT2D eigenvalue weighted by atomic mass is 32.2. The van der Waals surface area contributed by atoms with Crippen LogP contribution >= 0.6 is 35.3 Å². The summed E-state index contributed by atoms with van der Waals surface area (Å²) in [6.07, 6.45) is 5.59. The second kappa shape index (κ2) is 14.8. The number of rotatable bonds is 14. The number of nitrogens with one attached hydrogen (secondary N) is 1. The maximum atomic E-state index is 13.3. The highest BCUT2D eigenvalue weighted by Crippen LogP contribution is 2.48. The summed E-state index contributed by atoms with van der Waals surface area (Å²) in [7, 11) is 3.20. The lowest BCUT2D eigenvalue weighted by Crippen LogP contribution is -2.11. The number of allylic oxidation sites excluding steroid dienone is 4. The summed E-state index contributed by atoms with van der Waals surface area (Å²) in [4.78, 5) is 37.9. The highest BCUT2D eigenvalue weighted by molar-refractivity contribution is 8.02. The lowest BCUT2D eigenvalue weighted by molar-refractivity contribution is -0.113. The number of anilines is 2. The first-order valence-corrected chi connectivity index (χ1v) is 16.2. The van der Waals surface area contributed by atoms with Crippen molar-refractivity contribution in [2.24, 2.45) is 0 Å². The summed E-state index contributed by atoms with van der Waals surface area (Å²) in [6.45, 7) is 7.08. The zero-order valence-electron chi connectivity index (χ0n) is 23.7. The van der Waals surface area contributed by atoms with Gasteiger partial charge in [-0.15, -0.1) is 35.3 Å². The van der Waals surface area contributed by atoms with Crippen molar-refractivity contribution in [1.82, 2.24) is 9.97 Å². The molecule has 0 saturated carbocycles. The Balaban J connectivity index is 1.95. The van der Waals surface area contributed by atoms with Gasteiger partial charge < -0.3 is 19.5 Å². The van der Waals surface area contributed by atoms with Crippen LogP contribution in [-0.4, -0.2) is 66.2 Å². The van der Waals surface area contributed by atoms with Crippen LogP contribution in [-0.2, 0) is 14.3 Å². The summed E-state index contributed by atoms with van der Waals surface area (Å²) >= 11 is 5.05. The normalized spacial score (nSPS) is 13.0. The van der Waals surface area contributed by atoms with Gasteiger partial charge in [-0.05, 0) is 47.6 Å². The van der Waals surface area contributed by atoms with Gasteiger partial charge in [0.15, 0.2) is 23.1 Å². The summed E-state index contributed by atoms with van der Waals surface area (Å²) in [6, 6.07) is 5.82. The molecule has 11 heteroatoms. The molecule has 1 aromatic heterocycles. The fraction of sp³-hybridized carbons (Fsp3) is 0.333. The molecule has 0 unspecified atom stereocenters. The van der Waals surface area contributed by atoms with Gasteiger partial charge in [-0.1, -0.05) is 20.8 Å². The average Bonchev–Trinajstić information content (AvgIpc) is 2.97. The molecule has 8 nitrogen and oxygen atoms in total. The molecule has 41 heavy (non-hydrogen) atoms. The summed E-state index contributed by atoms with van der Waals surface area (Å²) in [5, 5.41) is 4.27. The van der Waals surface area contributed by atoms with E-state index in [-0.39, 0.29) is 11.6 Å². The number of carbonyl (C=O) groups excluding carboxylic acids is 2. The maximum Gasteiger partial charge on any atom is 0.186 e. The number of fused-ring (bicyclic) bond motifs is 1. The number of hydrogen-bond donors (Lipinski definition) is 1. The predicted molar refractivity (Wildman–Crippen MR) is 170 cm³/mol. The van der Waals surface area contributed by atoms with Crippen LogP contribution in [0.3, 0.4) is 0 Å². The highest BCUT2D eigenvalue weighted by Gasteiger charge is 2.27. The largest absolute Gasteiger partial charge is 0.493 e. The van der Waals surface area contributed by atoms with Crippen LogP contribution in [0.5, 0.6) is 11.5 Å². The third kappa shape index (κ3) is 7.09. The second-order valence-corrected chi connectivity index (χ2v) is 12.5. The molecule has 0 aliphatic heterocycles. The van der Waals surface area contributed by atoms with E-state index in [0.29, 0.717) is 47.2 Å². The van der Waals surface area contributed by atoms with Crippen molar-refractivity contribution >= 4 is 74.8 Å². The van der Waals surface area contributed by atoms with Crippen molar-refractivity contribution in [3.05, 3.63) is 48.3 Å². The van der Waals surface area contributed by atoms with E-state index in [1.807, 2.05) is 12.1 Å². The zero-order chi connectivity index (χ0) is 29.4. The molecule has 2 aromatic carbocycles. The molecule has 216 valence electrons. The molecule has 4 rings (SSSR count). The number of aromatic nitrogens is 2. The Morgan fingerprint density at radius 1 is 0.854 bits per heavy atom. The van der Waals surface area contributed by atoms with Crippen LogP contribution in [0.1, 0.15) is 26.3 Å². The van der Waals surface area contributed by atoms with Crippen LogP contribution < -0.4 is 14.8 Å². The number of nitrogens with zero attached hydrogens (tertiary/aromatic N) is 2. The van der Waals surface area contributed by atoms with E-state index in [1.165, 1.54) is 24.6 Å². The summed E-state index contributed by atoms with van der Waals surface area (Å²) in [5.41, 5.74) is 2.48. The molecular weight excluding hydrogens is 579 g/mol. The third-order valence-electron chi connectivity index (χ3n) is 6.03. The number of thioether (sulfide) groups is 3. The van der Waals surface area contributed by atoms with Crippen molar-refractivity contribution in [1.29, 1.82) is 0 Å². The van der Waals surface area contributed by atoms with Gasteiger partial charge in [0.1, 0.15) is 18.8 Å². The second-order valence-electron chi connectivity index (χ2n) is 8.62. The van der Waals surface area contributed by atoms with Crippen molar-refractivity contribution < 1.29 is 23.8 Å². The monoisotopic (exact) mass is 611 g/mol. The number of methoxy groups -OCH3 is 2. The van der Waals surface area contributed by atoms with E-state index in [2.05, 4.69) is 42.1 Å². The Hall–Kier alpha value is -2.99.